The summed E-state index contributed by atoms with van der Waals surface area (Å²) in [6, 6.07) is 9.26. The summed E-state index contributed by atoms with van der Waals surface area (Å²) in [6.07, 6.45) is 3.59. The number of aryl methyl sites for hydroxylation is 2. The molecule has 1 aromatic carbocycles. The molecule has 1 atom stereocenters. The molecule has 2 N–H and O–H groups in total. The quantitative estimate of drug-likeness (QED) is 0.749. The Labute approximate surface area is 144 Å². The minimum atomic E-state index is -0.311. The number of thiazole rings is 1. The van der Waals surface area contributed by atoms with Crippen LogP contribution in [0.25, 0.3) is 0 Å². The number of imidazole rings is 1. The van der Waals surface area contributed by atoms with Crippen LogP contribution in [0.15, 0.2) is 48.2 Å². The number of benzene rings is 1. The van der Waals surface area contributed by atoms with Crippen LogP contribution < -0.4 is 10.6 Å². The Balaban J connectivity index is 1.73. The molecule has 2 aromatic heterocycles. The monoisotopic (exact) mass is 341 g/mol. The number of hydrogen-bond donors (Lipinski definition) is 2. The summed E-state index contributed by atoms with van der Waals surface area (Å²) in [4.78, 5) is 22.0. The van der Waals surface area contributed by atoms with E-state index < -0.39 is 0 Å². The van der Waals surface area contributed by atoms with Crippen LogP contribution in [0.5, 0.6) is 0 Å². The van der Waals surface area contributed by atoms with Crippen molar-refractivity contribution in [2.75, 3.05) is 0 Å². The Bertz CT molecular complexity index is 811. The Kier molecular flexibility index (Phi) is 4.90. The van der Waals surface area contributed by atoms with Crippen molar-refractivity contribution in [2.24, 2.45) is 7.05 Å². The molecule has 0 saturated heterocycles. The van der Waals surface area contributed by atoms with Crippen LogP contribution >= 0.6 is 11.3 Å². The molecular formula is C17H19N5OS. The second kappa shape index (κ2) is 7.27. The van der Waals surface area contributed by atoms with Gasteiger partial charge in [0.2, 0.25) is 0 Å². The summed E-state index contributed by atoms with van der Waals surface area (Å²) in [5.74, 6) is 0.783. The average Bonchev–Trinajstić information content (AvgIpc) is 3.20. The normalized spacial score (nSPS) is 11.9. The van der Waals surface area contributed by atoms with Crippen molar-refractivity contribution in [1.29, 1.82) is 0 Å². The second-order valence-corrected chi connectivity index (χ2v) is 6.37. The molecule has 2 heterocycles. The van der Waals surface area contributed by atoms with E-state index in [1.54, 1.807) is 11.7 Å². The lowest BCUT2D eigenvalue weighted by Gasteiger charge is -2.19. The minimum Gasteiger partial charge on any atom is -0.336 e. The summed E-state index contributed by atoms with van der Waals surface area (Å²) in [7, 11) is 1.92. The smallest absolute Gasteiger partial charge is 0.315 e. The van der Waals surface area contributed by atoms with Gasteiger partial charge in [-0.1, -0.05) is 30.3 Å². The van der Waals surface area contributed by atoms with Gasteiger partial charge < -0.3 is 15.2 Å². The van der Waals surface area contributed by atoms with Crippen molar-refractivity contribution >= 4 is 17.4 Å². The van der Waals surface area contributed by atoms with Crippen molar-refractivity contribution < 1.29 is 4.79 Å². The lowest BCUT2D eigenvalue weighted by molar-refractivity contribution is 0.238. The van der Waals surface area contributed by atoms with Crippen LogP contribution in [-0.2, 0) is 13.6 Å². The summed E-state index contributed by atoms with van der Waals surface area (Å²) in [6.45, 7) is 2.40. The van der Waals surface area contributed by atoms with Crippen LogP contribution in [0.1, 0.15) is 28.0 Å². The number of aromatic nitrogens is 3. The highest BCUT2D eigenvalue weighted by Crippen LogP contribution is 2.20. The van der Waals surface area contributed by atoms with Crippen LogP contribution in [0.3, 0.4) is 0 Å². The zero-order valence-electron chi connectivity index (χ0n) is 13.6. The highest BCUT2D eigenvalue weighted by Gasteiger charge is 2.20. The van der Waals surface area contributed by atoms with Crippen LogP contribution in [-0.4, -0.2) is 20.6 Å². The predicted octanol–water partition coefficient (Wildman–Crippen LogP) is 2.77. The number of carbonyl (C=O) groups is 1. The number of urea groups is 1. The maximum absolute atomic E-state index is 12.4. The Morgan fingerprint density at radius 2 is 2.08 bits per heavy atom. The molecular weight excluding hydrogens is 322 g/mol. The zero-order chi connectivity index (χ0) is 16.9. The first-order chi connectivity index (χ1) is 11.6. The molecule has 7 heteroatoms. The molecule has 0 radical (unpaired) electrons. The van der Waals surface area contributed by atoms with Gasteiger partial charge in [-0.05, 0) is 12.5 Å². The van der Waals surface area contributed by atoms with E-state index in [1.807, 2.05) is 55.1 Å². The number of amides is 2. The van der Waals surface area contributed by atoms with Gasteiger partial charge >= 0.3 is 6.03 Å². The molecule has 0 aliphatic rings. The van der Waals surface area contributed by atoms with Gasteiger partial charge in [0.1, 0.15) is 11.9 Å². The second-order valence-electron chi connectivity index (χ2n) is 5.43. The van der Waals surface area contributed by atoms with Gasteiger partial charge in [-0.2, -0.15) is 0 Å². The van der Waals surface area contributed by atoms with E-state index in [0.717, 1.165) is 22.0 Å². The molecule has 0 aliphatic heterocycles. The lowest BCUT2D eigenvalue weighted by atomic mass is 10.1. The van der Waals surface area contributed by atoms with Crippen molar-refractivity contribution in [3.05, 3.63) is 70.2 Å². The predicted molar refractivity (Wildman–Crippen MR) is 93.7 cm³/mol. The standard InChI is InChI=1S/C17H19N5OS/c1-12-14(24-11-20-12)10-19-17(23)21-15(13-6-4-3-5-7-13)16-18-8-9-22(16)2/h3-9,11,15H,10H2,1-2H3,(H2,19,21,23). The summed E-state index contributed by atoms with van der Waals surface area (Å²) >= 11 is 1.54. The SMILES string of the molecule is Cc1ncsc1CNC(=O)NC(c1ccccc1)c1nccn1C. The van der Waals surface area contributed by atoms with E-state index >= 15 is 0 Å². The van der Waals surface area contributed by atoms with Crippen LogP contribution in [0, 0.1) is 6.92 Å². The van der Waals surface area contributed by atoms with E-state index in [0.29, 0.717) is 6.54 Å². The Morgan fingerprint density at radius 1 is 1.29 bits per heavy atom. The number of nitrogens with zero attached hydrogens (tertiary/aromatic N) is 3. The number of hydrogen-bond acceptors (Lipinski definition) is 4. The van der Waals surface area contributed by atoms with Gasteiger partial charge in [-0.3, -0.25) is 0 Å². The fourth-order valence-corrected chi connectivity index (χ4v) is 3.15. The molecule has 2 amide bonds. The van der Waals surface area contributed by atoms with Gasteiger partial charge in [0.25, 0.3) is 0 Å². The third-order valence-electron chi connectivity index (χ3n) is 3.78. The fraction of sp³-hybridized carbons (Fsp3) is 0.235. The van der Waals surface area contributed by atoms with Gasteiger partial charge in [-0.25, -0.2) is 14.8 Å². The van der Waals surface area contributed by atoms with Crippen molar-refractivity contribution in [3.63, 3.8) is 0 Å². The maximum Gasteiger partial charge on any atom is 0.315 e. The van der Waals surface area contributed by atoms with E-state index in [9.17, 15) is 4.79 Å². The molecule has 0 fully saturated rings. The largest absolute Gasteiger partial charge is 0.336 e. The van der Waals surface area contributed by atoms with Crippen molar-refractivity contribution in [3.8, 4) is 0 Å². The van der Waals surface area contributed by atoms with Crippen molar-refractivity contribution in [2.45, 2.75) is 19.5 Å². The first kappa shape index (κ1) is 16.2. The molecule has 3 rings (SSSR count). The van der Waals surface area contributed by atoms with Gasteiger partial charge in [0, 0.05) is 24.3 Å². The lowest BCUT2D eigenvalue weighted by Crippen LogP contribution is -2.38. The van der Waals surface area contributed by atoms with E-state index in [4.69, 9.17) is 0 Å². The molecule has 6 nitrogen and oxygen atoms in total. The fourth-order valence-electron chi connectivity index (χ4n) is 2.44. The zero-order valence-corrected chi connectivity index (χ0v) is 14.4. The molecule has 3 aromatic rings. The summed E-state index contributed by atoms with van der Waals surface area (Å²) in [5, 5.41) is 5.90. The van der Waals surface area contributed by atoms with E-state index in [1.165, 1.54) is 11.3 Å². The number of rotatable bonds is 5. The van der Waals surface area contributed by atoms with Crippen LogP contribution in [0.4, 0.5) is 4.79 Å². The molecule has 0 spiro atoms. The number of nitrogens with one attached hydrogen (secondary N) is 2. The first-order valence-corrected chi connectivity index (χ1v) is 8.48. The maximum atomic E-state index is 12.4. The molecule has 124 valence electrons. The highest BCUT2D eigenvalue weighted by atomic mass is 32.1. The molecule has 0 bridgehead atoms. The molecule has 1 unspecified atom stereocenters. The topological polar surface area (TPSA) is 71.8 Å². The van der Waals surface area contributed by atoms with Gasteiger partial charge in [-0.15, -0.1) is 11.3 Å². The van der Waals surface area contributed by atoms with E-state index in [2.05, 4.69) is 20.6 Å². The summed E-state index contributed by atoms with van der Waals surface area (Å²) in [5.41, 5.74) is 3.71. The van der Waals surface area contributed by atoms with Crippen molar-refractivity contribution in [1.82, 2.24) is 25.2 Å². The minimum absolute atomic E-state index is 0.236. The van der Waals surface area contributed by atoms with Gasteiger partial charge in [0.05, 0.1) is 17.7 Å². The highest BCUT2D eigenvalue weighted by molar-refractivity contribution is 7.09. The first-order valence-electron chi connectivity index (χ1n) is 7.60. The average molecular weight is 341 g/mol. The van der Waals surface area contributed by atoms with Crippen LogP contribution in [0.2, 0.25) is 0 Å². The third kappa shape index (κ3) is 3.62. The van der Waals surface area contributed by atoms with Gasteiger partial charge in [0.15, 0.2) is 0 Å². The Morgan fingerprint density at radius 3 is 2.71 bits per heavy atom. The molecule has 0 saturated carbocycles. The molecule has 0 aliphatic carbocycles. The number of carbonyl (C=O) groups excluding carboxylic acids is 1. The summed E-state index contributed by atoms with van der Waals surface area (Å²) < 4.78 is 1.91. The molecule has 24 heavy (non-hydrogen) atoms. The third-order valence-corrected chi connectivity index (χ3v) is 4.71. The van der Waals surface area contributed by atoms with E-state index in [-0.39, 0.29) is 12.1 Å². The Hall–Kier alpha value is -2.67.